The third-order valence-corrected chi connectivity index (χ3v) is 15.0. The van der Waals surface area contributed by atoms with Crippen molar-refractivity contribution in [2.75, 3.05) is 0 Å². The fourth-order valence-electron chi connectivity index (χ4n) is 10.2. The molecule has 2 aromatic heterocycles. The van der Waals surface area contributed by atoms with E-state index in [4.69, 9.17) is 6.57 Å². The quantitative estimate of drug-likeness (QED) is 0.165. The van der Waals surface area contributed by atoms with E-state index >= 15 is 0 Å². The molecule has 0 spiro atoms. The second-order valence-corrected chi connectivity index (χ2v) is 17.2. The number of nitriles is 1. The van der Waals surface area contributed by atoms with Crippen molar-refractivity contribution in [2.24, 2.45) is 0 Å². The minimum atomic E-state index is 0.562. The van der Waals surface area contributed by atoms with Crippen molar-refractivity contribution in [1.82, 2.24) is 9.13 Å². The van der Waals surface area contributed by atoms with E-state index in [9.17, 15) is 5.26 Å². The van der Waals surface area contributed by atoms with Gasteiger partial charge in [0.15, 0.2) is 5.69 Å². The van der Waals surface area contributed by atoms with Crippen molar-refractivity contribution >= 4 is 49.3 Å². The Balaban J connectivity index is 1.66. The van der Waals surface area contributed by atoms with Crippen molar-refractivity contribution < 1.29 is 0 Å². The van der Waals surface area contributed by atoms with Crippen molar-refractivity contribution in [3.8, 4) is 28.6 Å². The lowest BCUT2D eigenvalue weighted by atomic mass is 9.90. The van der Waals surface area contributed by atoms with Crippen LogP contribution in [0.3, 0.4) is 0 Å². The molecule has 290 valence electrons. The summed E-state index contributed by atoms with van der Waals surface area (Å²) in [5.74, 6) is 0. The molecule has 0 aliphatic rings. The third kappa shape index (κ3) is 4.91. The van der Waals surface area contributed by atoms with Gasteiger partial charge in [0, 0.05) is 27.1 Å². The van der Waals surface area contributed by atoms with Gasteiger partial charge in [0.25, 0.3) is 0 Å². The molecule has 4 heteroatoms. The molecule has 0 saturated carbocycles. The normalized spacial score (nSPS) is 11.8. The van der Waals surface area contributed by atoms with Crippen LogP contribution >= 0.6 is 0 Å². The number of aryl methyl sites for hydroxylation is 8. The molecule has 8 rings (SSSR count). The first-order chi connectivity index (χ1) is 27.4. The van der Waals surface area contributed by atoms with E-state index in [0.29, 0.717) is 11.3 Å². The summed E-state index contributed by atoms with van der Waals surface area (Å²) in [6.45, 7) is 44.5. The fraction of sp³-hybridized carbons (Fsp3) is 0.296. The highest BCUT2D eigenvalue weighted by Gasteiger charge is 2.29. The standard InChI is InChI=1S/C54H54N4/c1-25-29(5)37(13)51-47(33(25)9)48-34(10)26(2)30(6)38(14)52(48)57(51)45-20-18-41(24-55)22-43(45)44-23-42(56-17)19-21-46(44)58-53-39(15)31(7)27(3)35(11)49(53)50-36(12)28(4)32(8)40(16)54(50)58/h18-23H,1-16H3. The highest BCUT2D eigenvalue weighted by atomic mass is 15.0. The van der Waals surface area contributed by atoms with Gasteiger partial charge in [-0.05, 0) is 236 Å². The van der Waals surface area contributed by atoms with Gasteiger partial charge in [-0.1, -0.05) is 6.07 Å². The van der Waals surface area contributed by atoms with Gasteiger partial charge in [-0.25, -0.2) is 4.85 Å². The lowest BCUT2D eigenvalue weighted by Gasteiger charge is -2.22. The first-order valence-corrected chi connectivity index (χ1v) is 20.5. The van der Waals surface area contributed by atoms with E-state index in [0.717, 1.165) is 22.5 Å². The van der Waals surface area contributed by atoms with Gasteiger partial charge in [0.1, 0.15) is 0 Å². The van der Waals surface area contributed by atoms with Crippen molar-refractivity contribution in [1.29, 1.82) is 5.26 Å². The number of hydrogen-bond donors (Lipinski definition) is 0. The van der Waals surface area contributed by atoms with Gasteiger partial charge in [-0.3, -0.25) is 0 Å². The predicted octanol–water partition coefficient (Wildman–Crippen LogP) is 14.9. The van der Waals surface area contributed by atoms with Crippen LogP contribution in [-0.4, -0.2) is 9.13 Å². The summed E-state index contributed by atoms with van der Waals surface area (Å²) >= 11 is 0. The number of rotatable bonds is 3. The van der Waals surface area contributed by atoms with E-state index in [2.05, 4.69) is 155 Å². The van der Waals surface area contributed by atoms with Crippen LogP contribution in [0.15, 0.2) is 36.4 Å². The average molecular weight is 759 g/mol. The van der Waals surface area contributed by atoms with Crippen molar-refractivity contribution in [2.45, 2.75) is 111 Å². The van der Waals surface area contributed by atoms with Crippen LogP contribution in [0.4, 0.5) is 5.69 Å². The van der Waals surface area contributed by atoms with E-state index in [-0.39, 0.29) is 0 Å². The maximum Gasteiger partial charge on any atom is 0.188 e. The van der Waals surface area contributed by atoms with Gasteiger partial charge in [0.05, 0.1) is 51.6 Å². The summed E-state index contributed by atoms with van der Waals surface area (Å²) < 4.78 is 4.99. The molecule has 0 radical (unpaired) electrons. The molecule has 8 aromatic rings. The Hall–Kier alpha value is -6.10. The Labute approximate surface area is 344 Å². The second kappa shape index (κ2) is 13.2. The van der Waals surface area contributed by atoms with Crippen LogP contribution in [0, 0.1) is 129 Å². The average Bonchev–Trinajstić information content (AvgIpc) is 3.78. The zero-order valence-corrected chi connectivity index (χ0v) is 37.3. The molecule has 2 heterocycles. The fourth-order valence-corrected chi connectivity index (χ4v) is 10.2. The largest absolute Gasteiger partial charge is 0.308 e. The van der Waals surface area contributed by atoms with Gasteiger partial charge in [-0.2, -0.15) is 5.26 Å². The summed E-state index contributed by atoms with van der Waals surface area (Å²) in [5.41, 5.74) is 30.5. The monoisotopic (exact) mass is 758 g/mol. The molecule has 0 fully saturated rings. The van der Waals surface area contributed by atoms with E-state index in [1.165, 1.54) is 133 Å². The summed E-state index contributed by atoms with van der Waals surface area (Å²) in [6.07, 6.45) is 0. The maximum atomic E-state index is 10.5. The molecule has 0 aliphatic carbocycles. The Morgan fingerprint density at radius 1 is 0.397 bits per heavy atom. The Morgan fingerprint density at radius 3 is 1.00 bits per heavy atom. The zero-order chi connectivity index (χ0) is 42.1. The Kier molecular flexibility index (Phi) is 8.84. The predicted molar refractivity (Wildman–Crippen MR) is 247 cm³/mol. The van der Waals surface area contributed by atoms with Crippen LogP contribution < -0.4 is 0 Å². The number of hydrogen-bond acceptors (Lipinski definition) is 1. The van der Waals surface area contributed by atoms with E-state index < -0.39 is 0 Å². The summed E-state index contributed by atoms with van der Waals surface area (Å²) in [5, 5.41) is 15.7. The van der Waals surface area contributed by atoms with Crippen LogP contribution in [0.2, 0.25) is 0 Å². The van der Waals surface area contributed by atoms with Crippen LogP contribution in [0.25, 0.3) is 71.0 Å². The molecule has 0 saturated heterocycles. The van der Waals surface area contributed by atoms with Gasteiger partial charge in [-0.15, -0.1) is 0 Å². The molecule has 0 atom stereocenters. The first-order valence-electron chi connectivity index (χ1n) is 20.5. The molecule has 4 nitrogen and oxygen atoms in total. The lowest BCUT2D eigenvalue weighted by Crippen LogP contribution is -2.06. The Morgan fingerprint density at radius 2 is 0.690 bits per heavy atom. The lowest BCUT2D eigenvalue weighted by molar-refractivity contribution is 1.12. The smallest absolute Gasteiger partial charge is 0.188 e. The molecule has 0 N–H and O–H groups in total. The SMILES string of the molecule is [C-]#[N+]c1ccc(-n2c3c(C)c(C)c(C)c(C)c3c3c(C)c(C)c(C)c(C)c32)c(-c2cc(C#N)ccc2-n2c3c(C)c(C)c(C)c(C)c3c3c(C)c(C)c(C)c(C)c32)c1. The summed E-state index contributed by atoms with van der Waals surface area (Å²) in [7, 11) is 0. The van der Waals surface area contributed by atoms with Crippen molar-refractivity contribution in [3.63, 3.8) is 0 Å². The molecular weight excluding hydrogens is 705 g/mol. The number of fused-ring (bicyclic) bond motifs is 6. The Bertz CT molecular complexity index is 2910. The maximum absolute atomic E-state index is 10.5. The third-order valence-electron chi connectivity index (χ3n) is 15.0. The second-order valence-electron chi connectivity index (χ2n) is 17.2. The van der Waals surface area contributed by atoms with Crippen LogP contribution in [0.1, 0.15) is 94.6 Å². The highest BCUT2D eigenvalue weighted by Crippen LogP contribution is 2.49. The minimum absolute atomic E-state index is 0.562. The first kappa shape index (κ1) is 38.8. The molecule has 0 amide bonds. The number of nitrogens with zero attached hydrogens (tertiary/aromatic N) is 4. The summed E-state index contributed by atoms with van der Waals surface area (Å²) in [4.78, 5) is 4.02. The van der Waals surface area contributed by atoms with Gasteiger partial charge >= 0.3 is 0 Å². The van der Waals surface area contributed by atoms with E-state index in [1.54, 1.807) is 0 Å². The molecule has 6 aromatic carbocycles. The summed E-state index contributed by atoms with van der Waals surface area (Å²) in [6, 6.07) is 14.8. The topological polar surface area (TPSA) is 38.0 Å². The van der Waals surface area contributed by atoms with Gasteiger partial charge < -0.3 is 9.13 Å². The molecule has 0 unspecified atom stereocenters. The molecule has 0 bridgehead atoms. The number of benzene rings is 6. The molecule has 58 heavy (non-hydrogen) atoms. The number of aromatic nitrogens is 2. The highest BCUT2D eigenvalue weighted by molar-refractivity contribution is 6.17. The molecule has 0 aliphatic heterocycles. The van der Waals surface area contributed by atoms with Crippen LogP contribution in [0.5, 0.6) is 0 Å². The zero-order valence-electron chi connectivity index (χ0n) is 37.3. The van der Waals surface area contributed by atoms with Crippen LogP contribution in [-0.2, 0) is 0 Å². The van der Waals surface area contributed by atoms with Crippen molar-refractivity contribution in [3.05, 3.63) is 142 Å². The molecular formula is C54H54N4. The van der Waals surface area contributed by atoms with E-state index in [1.807, 2.05) is 12.1 Å². The minimum Gasteiger partial charge on any atom is -0.308 e. The van der Waals surface area contributed by atoms with Gasteiger partial charge in [0.2, 0.25) is 0 Å².